The molecule has 0 spiro atoms. The lowest BCUT2D eigenvalue weighted by atomic mass is 10.1. The van der Waals surface area contributed by atoms with Crippen molar-refractivity contribution < 1.29 is 14.5 Å². The van der Waals surface area contributed by atoms with Crippen LogP contribution >= 0.6 is 46.3 Å². The van der Waals surface area contributed by atoms with Crippen LogP contribution < -0.4 is 10.6 Å². The van der Waals surface area contributed by atoms with Gasteiger partial charge in [0.2, 0.25) is 5.91 Å². The average molecular weight is 578 g/mol. The minimum absolute atomic E-state index is 0.0262. The zero-order chi connectivity index (χ0) is 26.5. The monoisotopic (exact) mass is 577 g/mol. The number of amides is 2. The fourth-order valence-corrected chi connectivity index (χ4v) is 4.78. The van der Waals surface area contributed by atoms with Crippen LogP contribution in [0.15, 0.2) is 53.1 Å². The number of hydrogen-bond donors (Lipinski definition) is 2. The molecule has 0 atom stereocenters. The summed E-state index contributed by atoms with van der Waals surface area (Å²) in [4.78, 5) is 39.8. The molecule has 0 saturated carbocycles. The van der Waals surface area contributed by atoms with Crippen molar-refractivity contribution in [3.8, 4) is 5.69 Å². The summed E-state index contributed by atoms with van der Waals surface area (Å²) in [7, 11) is 0. The van der Waals surface area contributed by atoms with E-state index in [1.807, 2.05) is 0 Å². The molecule has 0 bridgehead atoms. The molecule has 0 radical (unpaired) electrons. The quantitative estimate of drug-likeness (QED) is 0.162. The molecule has 190 valence electrons. The third-order valence-electron chi connectivity index (χ3n) is 4.95. The molecule has 4 aromatic rings. The maximum absolute atomic E-state index is 12.7. The minimum atomic E-state index is -0.540. The summed E-state index contributed by atoms with van der Waals surface area (Å²) in [6.45, 7) is 1.54. The van der Waals surface area contributed by atoms with Crippen LogP contribution in [0.5, 0.6) is 0 Å². The zero-order valence-electron chi connectivity index (χ0n) is 19.0. The first kappa shape index (κ1) is 26.5. The molecule has 2 amide bonds. The number of nitro groups is 1. The molecule has 0 aliphatic rings. The second kappa shape index (κ2) is 11.7. The van der Waals surface area contributed by atoms with Crippen LogP contribution in [0.4, 0.5) is 10.8 Å². The second-order valence-electron chi connectivity index (χ2n) is 7.45. The lowest BCUT2D eigenvalue weighted by Crippen LogP contribution is -2.25. The van der Waals surface area contributed by atoms with E-state index in [2.05, 4.69) is 25.8 Å². The van der Waals surface area contributed by atoms with E-state index in [-0.39, 0.29) is 29.5 Å². The first-order chi connectivity index (χ1) is 17.7. The summed E-state index contributed by atoms with van der Waals surface area (Å²) in [6, 6.07) is 9.15. The fourth-order valence-electron chi connectivity index (χ4n) is 3.17. The summed E-state index contributed by atoms with van der Waals surface area (Å²) >= 11 is 14.7. The van der Waals surface area contributed by atoms with Crippen molar-refractivity contribution in [1.29, 1.82) is 0 Å². The highest BCUT2D eigenvalue weighted by Gasteiger charge is 2.19. The molecule has 0 aliphatic carbocycles. The van der Waals surface area contributed by atoms with Gasteiger partial charge in [0, 0.05) is 28.8 Å². The van der Waals surface area contributed by atoms with E-state index in [4.69, 9.17) is 23.2 Å². The molecule has 11 nitrogen and oxygen atoms in total. The number of nitrogens with zero attached hydrogens (tertiary/aromatic N) is 5. The number of carbonyl (C=O) groups is 2. The standard InChI is InChI=1S/C22H17Cl2N7O4S2/c1-12-2-3-13(8-17(12)31(34)35)20(33)26-10-18-28-29-22(30(18)14-4-5-15(23)16(24)9-14)37-11-19(32)27-21-25-6-7-36-21/h2-9H,10-11H2,1H3,(H,26,33)(H,25,27,32). The zero-order valence-corrected chi connectivity index (χ0v) is 22.1. The van der Waals surface area contributed by atoms with Gasteiger partial charge in [0.05, 0.1) is 33.0 Å². The maximum atomic E-state index is 12.7. The van der Waals surface area contributed by atoms with Gasteiger partial charge in [-0.25, -0.2) is 4.98 Å². The first-order valence-electron chi connectivity index (χ1n) is 10.5. The minimum Gasteiger partial charge on any atom is -0.345 e. The van der Waals surface area contributed by atoms with Gasteiger partial charge in [-0.15, -0.1) is 21.5 Å². The summed E-state index contributed by atoms with van der Waals surface area (Å²) in [5, 5.41) is 28.2. The number of thiazole rings is 1. The van der Waals surface area contributed by atoms with Crippen LogP contribution in [0.25, 0.3) is 5.69 Å². The third kappa shape index (κ3) is 6.43. The van der Waals surface area contributed by atoms with Gasteiger partial charge in [-0.05, 0) is 31.2 Å². The molecule has 37 heavy (non-hydrogen) atoms. The average Bonchev–Trinajstić information content (AvgIpc) is 3.53. The van der Waals surface area contributed by atoms with Crippen molar-refractivity contribution >= 4 is 68.9 Å². The number of thioether (sulfide) groups is 1. The molecule has 2 aromatic carbocycles. The largest absolute Gasteiger partial charge is 0.345 e. The molecule has 2 heterocycles. The Morgan fingerprint density at radius 2 is 1.97 bits per heavy atom. The lowest BCUT2D eigenvalue weighted by molar-refractivity contribution is -0.385. The van der Waals surface area contributed by atoms with Crippen LogP contribution in [0.3, 0.4) is 0 Å². The smallest absolute Gasteiger partial charge is 0.273 e. The molecular weight excluding hydrogens is 561 g/mol. The Labute approximate surface area is 228 Å². The van der Waals surface area contributed by atoms with Crippen LogP contribution in [-0.4, -0.2) is 42.2 Å². The van der Waals surface area contributed by atoms with Crippen molar-refractivity contribution in [3.05, 3.63) is 85.1 Å². The number of anilines is 1. The Balaban J connectivity index is 1.55. The number of hydrogen-bond acceptors (Lipinski definition) is 9. The van der Waals surface area contributed by atoms with Crippen LogP contribution in [0, 0.1) is 17.0 Å². The predicted octanol–water partition coefficient (Wildman–Crippen LogP) is 4.91. The molecule has 0 aliphatic heterocycles. The van der Waals surface area contributed by atoms with E-state index >= 15 is 0 Å². The number of carbonyl (C=O) groups excluding carboxylic acids is 2. The van der Waals surface area contributed by atoms with Gasteiger partial charge in [0.1, 0.15) is 0 Å². The predicted molar refractivity (Wildman–Crippen MR) is 142 cm³/mol. The van der Waals surface area contributed by atoms with Crippen molar-refractivity contribution in [2.24, 2.45) is 0 Å². The van der Waals surface area contributed by atoms with E-state index in [0.717, 1.165) is 11.8 Å². The highest BCUT2D eigenvalue weighted by molar-refractivity contribution is 7.99. The summed E-state index contributed by atoms with van der Waals surface area (Å²) in [5.41, 5.74) is 0.992. The summed E-state index contributed by atoms with van der Waals surface area (Å²) in [5.74, 6) is -0.433. The number of nitro benzene ring substituents is 1. The first-order valence-corrected chi connectivity index (χ1v) is 13.1. The SMILES string of the molecule is Cc1ccc(C(=O)NCc2nnc(SCC(=O)Nc3nccs3)n2-c2ccc(Cl)c(Cl)c2)cc1[N+](=O)[O-]. The topological polar surface area (TPSA) is 145 Å². The number of benzene rings is 2. The van der Waals surface area contributed by atoms with Crippen LogP contribution in [0.2, 0.25) is 10.0 Å². The highest BCUT2D eigenvalue weighted by atomic mass is 35.5. The van der Waals surface area contributed by atoms with E-state index in [1.165, 1.54) is 29.5 Å². The summed E-state index contributed by atoms with van der Waals surface area (Å²) < 4.78 is 1.64. The summed E-state index contributed by atoms with van der Waals surface area (Å²) in [6.07, 6.45) is 1.59. The van der Waals surface area contributed by atoms with Crippen molar-refractivity contribution in [3.63, 3.8) is 0 Å². The third-order valence-corrected chi connectivity index (χ3v) is 7.30. The van der Waals surface area contributed by atoms with E-state index < -0.39 is 10.8 Å². The van der Waals surface area contributed by atoms with Gasteiger partial charge >= 0.3 is 0 Å². The fraction of sp³-hybridized carbons (Fsp3) is 0.136. The van der Waals surface area contributed by atoms with Gasteiger partial charge in [0.15, 0.2) is 16.1 Å². The molecule has 0 fully saturated rings. The highest BCUT2D eigenvalue weighted by Crippen LogP contribution is 2.28. The Hall–Kier alpha value is -3.52. The number of rotatable bonds is 9. The van der Waals surface area contributed by atoms with Crippen molar-refractivity contribution in [1.82, 2.24) is 25.1 Å². The maximum Gasteiger partial charge on any atom is 0.273 e. The Morgan fingerprint density at radius 3 is 2.68 bits per heavy atom. The molecule has 4 rings (SSSR count). The molecule has 2 aromatic heterocycles. The van der Waals surface area contributed by atoms with E-state index in [1.54, 1.807) is 41.3 Å². The van der Waals surface area contributed by atoms with Gasteiger partial charge in [-0.1, -0.05) is 41.0 Å². The van der Waals surface area contributed by atoms with E-state index in [0.29, 0.717) is 37.4 Å². The van der Waals surface area contributed by atoms with E-state index in [9.17, 15) is 19.7 Å². The van der Waals surface area contributed by atoms with Gasteiger partial charge < -0.3 is 10.6 Å². The molecule has 0 unspecified atom stereocenters. The Kier molecular flexibility index (Phi) is 8.38. The van der Waals surface area contributed by atoms with Gasteiger partial charge in [0.25, 0.3) is 11.6 Å². The Bertz CT molecular complexity index is 1480. The van der Waals surface area contributed by atoms with Crippen molar-refractivity contribution in [2.75, 3.05) is 11.1 Å². The molecule has 0 saturated heterocycles. The number of nitrogens with one attached hydrogen (secondary N) is 2. The number of aryl methyl sites for hydroxylation is 1. The van der Waals surface area contributed by atoms with Gasteiger partial charge in [-0.3, -0.25) is 24.3 Å². The number of aromatic nitrogens is 4. The van der Waals surface area contributed by atoms with Crippen molar-refractivity contribution in [2.45, 2.75) is 18.6 Å². The second-order valence-corrected chi connectivity index (χ2v) is 10.1. The van der Waals surface area contributed by atoms with Crippen LogP contribution in [-0.2, 0) is 11.3 Å². The molecule has 15 heteroatoms. The number of halogens is 2. The van der Waals surface area contributed by atoms with Gasteiger partial charge in [-0.2, -0.15) is 0 Å². The van der Waals surface area contributed by atoms with Crippen LogP contribution in [0.1, 0.15) is 21.7 Å². The normalized spacial score (nSPS) is 10.8. The lowest BCUT2D eigenvalue weighted by Gasteiger charge is -2.12. The Morgan fingerprint density at radius 1 is 1.16 bits per heavy atom. The molecule has 2 N–H and O–H groups in total. The molecular formula is C22H17Cl2N7O4S2.